The number of aliphatic hydroxyl groups excluding tert-OH is 3. The zero-order valence-electron chi connectivity index (χ0n) is 18.5. The van der Waals surface area contributed by atoms with Crippen LogP contribution in [0.25, 0.3) is 0 Å². The van der Waals surface area contributed by atoms with Crippen molar-refractivity contribution < 1.29 is 29.6 Å². The van der Waals surface area contributed by atoms with Crippen molar-refractivity contribution in [2.75, 3.05) is 6.61 Å². The Kier molecular flexibility index (Phi) is 7.67. The van der Waals surface area contributed by atoms with Gasteiger partial charge >= 0.3 is 0 Å². The SMILES string of the molecule is CC(=O)N[C@@H]1[C@@H](O)[C@H](O)[C@@H](CO)O[C@H]1n1nc(COc2ccccc2C)n(C(C)C)c1=S. The minimum absolute atomic E-state index is 0.0568. The van der Waals surface area contributed by atoms with Gasteiger partial charge < -0.3 is 30.1 Å². The van der Waals surface area contributed by atoms with Gasteiger partial charge in [0.05, 0.1) is 6.61 Å². The monoisotopic (exact) mass is 466 g/mol. The largest absolute Gasteiger partial charge is 0.485 e. The first kappa shape index (κ1) is 24.3. The molecule has 0 aliphatic carbocycles. The van der Waals surface area contributed by atoms with Crippen LogP contribution in [0.5, 0.6) is 5.75 Å². The number of hydrogen-bond donors (Lipinski definition) is 4. The Morgan fingerprint density at radius 2 is 2.00 bits per heavy atom. The number of aliphatic hydroxyl groups is 3. The lowest BCUT2D eigenvalue weighted by Gasteiger charge is -2.42. The van der Waals surface area contributed by atoms with Crippen molar-refractivity contribution >= 4 is 18.1 Å². The van der Waals surface area contributed by atoms with E-state index in [0.29, 0.717) is 16.3 Å². The zero-order chi connectivity index (χ0) is 23.6. The van der Waals surface area contributed by atoms with Crippen molar-refractivity contribution in [3.8, 4) is 5.75 Å². The Labute approximate surface area is 191 Å². The van der Waals surface area contributed by atoms with E-state index in [9.17, 15) is 20.1 Å². The summed E-state index contributed by atoms with van der Waals surface area (Å²) in [5.74, 6) is 0.821. The van der Waals surface area contributed by atoms with Crippen molar-refractivity contribution in [1.29, 1.82) is 0 Å². The van der Waals surface area contributed by atoms with Gasteiger partial charge in [0.2, 0.25) is 10.7 Å². The van der Waals surface area contributed by atoms with Gasteiger partial charge in [-0.1, -0.05) is 18.2 Å². The first-order valence-electron chi connectivity index (χ1n) is 10.4. The van der Waals surface area contributed by atoms with Crippen molar-refractivity contribution in [1.82, 2.24) is 19.7 Å². The van der Waals surface area contributed by atoms with Crippen LogP contribution in [0.4, 0.5) is 0 Å². The van der Waals surface area contributed by atoms with Gasteiger partial charge in [0, 0.05) is 13.0 Å². The molecule has 1 saturated heterocycles. The second kappa shape index (κ2) is 10.1. The van der Waals surface area contributed by atoms with E-state index in [1.54, 1.807) is 4.57 Å². The second-order valence-corrected chi connectivity index (χ2v) is 8.48. The summed E-state index contributed by atoms with van der Waals surface area (Å²) in [6, 6.07) is 6.52. The Hall–Kier alpha value is -2.31. The van der Waals surface area contributed by atoms with Crippen LogP contribution in [0.2, 0.25) is 0 Å². The summed E-state index contributed by atoms with van der Waals surface area (Å²) in [6.45, 7) is 6.73. The fourth-order valence-corrected chi connectivity index (χ4v) is 4.24. The maximum Gasteiger partial charge on any atom is 0.217 e. The minimum Gasteiger partial charge on any atom is -0.485 e. The van der Waals surface area contributed by atoms with E-state index in [4.69, 9.17) is 21.7 Å². The van der Waals surface area contributed by atoms with E-state index in [1.165, 1.54) is 11.6 Å². The molecule has 1 amide bonds. The van der Waals surface area contributed by atoms with E-state index >= 15 is 0 Å². The third kappa shape index (κ3) is 4.86. The van der Waals surface area contributed by atoms with Crippen LogP contribution >= 0.6 is 12.2 Å². The maximum atomic E-state index is 11.8. The van der Waals surface area contributed by atoms with Crippen LogP contribution in [-0.2, 0) is 16.1 Å². The number of nitrogens with one attached hydrogen (secondary N) is 1. The number of ether oxygens (including phenoxy) is 2. The molecule has 0 saturated carbocycles. The number of aromatic nitrogens is 3. The predicted molar refractivity (Wildman–Crippen MR) is 118 cm³/mol. The van der Waals surface area contributed by atoms with Crippen molar-refractivity contribution in [3.05, 3.63) is 40.4 Å². The lowest BCUT2D eigenvalue weighted by molar-refractivity contribution is -0.219. The molecule has 2 aromatic rings. The maximum absolute atomic E-state index is 11.8. The van der Waals surface area contributed by atoms with Gasteiger partial charge in [-0.3, -0.25) is 9.36 Å². The van der Waals surface area contributed by atoms with E-state index in [0.717, 1.165) is 5.56 Å². The number of para-hydroxylation sites is 1. The smallest absolute Gasteiger partial charge is 0.217 e. The van der Waals surface area contributed by atoms with Gasteiger partial charge in [0.15, 0.2) is 12.1 Å². The van der Waals surface area contributed by atoms with E-state index < -0.39 is 43.1 Å². The molecule has 2 heterocycles. The average molecular weight is 467 g/mol. The first-order chi connectivity index (χ1) is 15.1. The summed E-state index contributed by atoms with van der Waals surface area (Å²) in [5.41, 5.74) is 0.978. The summed E-state index contributed by atoms with van der Waals surface area (Å²) < 4.78 is 15.3. The number of carbonyl (C=O) groups is 1. The van der Waals surface area contributed by atoms with E-state index in [2.05, 4.69) is 10.4 Å². The quantitative estimate of drug-likeness (QED) is 0.445. The van der Waals surface area contributed by atoms with Crippen molar-refractivity contribution in [2.24, 2.45) is 0 Å². The Balaban J connectivity index is 1.99. The van der Waals surface area contributed by atoms with Crippen molar-refractivity contribution in [2.45, 2.75) is 70.9 Å². The van der Waals surface area contributed by atoms with E-state index in [1.807, 2.05) is 45.0 Å². The molecular weight excluding hydrogens is 436 g/mol. The fraction of sp³-hybridized carbons (Fsp3) is 0.571. The van der Waals surface area contributed by atoms with Crippen LogP contribution in [-0.4, -0.2) is 66.5 Å². The lowest BCUT2D eigenvalue weighted by Crippen LogP contribution is -2.62. The van der Waals surface area contributed by atoms with Crippen LogP contribution in [0, 0.1) is 11.7 Å². The topological polar surface area (TPSA) is 131 Å². The van der Waals surface area contributed by atoms with Gasteiger partial charge in [-0.25, -0.2) is 4.68 Å². The fourth-order valence-electron chi connectivity index (χ4n) is 3.78. The molecule has 1 aliphatic heterocycles. The summed E-state index contributed by atoms with van der Waals surface area (Å²) >= 11 is 5.64. The molecule has 0 unspecified atom stereocenters. The molecule has 32 heavy (non-hydrogen) atoms. The molecule has 1 aliphatic rings. The summed E-state index contributed by atoms with van der Waals surface area (Å²) in [6.07, 6.45) is -4.90. The average Bonchev–Trinajstić information content (AvgIpc) is 3.07. The van der Waals surface area contributed by atoms with Gasteiger partial charge in [-0.2, -0.15) is 5.10 Å². The van der Waals surface area contributed by atoms with Crippen LogP contribution < -0.4 is 10.1 Å². The number of rotatable bonds is 7. The molecule has 0 bridgehead atoms. The number of aryl methyl sites for hydroxylation is 1. The van der Waals surface area contributed by atoms with Crippen molar-refractivity contribution in [3.63, 3.8) is 0 Å². The molecule has 0 spiro atoms. The molecule has 3 rings (SSSR count). The number of hydrogen-bond acceptors (Lipinski definition) is 8. The highest BCUT2D eigenvalue weighted by molar-refractivity contribution is 7.71. The number of amides is 1. The highest BCUT2D eigenvalue weighted by Crippen LogP contribution is 2.29. The highest BCUT2D eigenvalue weighted by Gasteiger charge is 2.46. The summed E-state index contributed by atoms with van der Waals surface area (Å²) in [7, 11) is 0. The Bertz CT molecular complexity index is 1010. The van der Waals surface area contributed by atoms with Gasteiger partial charge in [-0.15, -0.1) is 0 Å². The Morgan fingerprint density at radius 3 is 2.59 bits per heavy atom. The molecular formula is C21H30N4O6S. The molecule has 176 valence electrons. The molecule has 1 fully saturated rings. The second-order valence-electron chi connectivity index (χ2n) is 8.12. The molecule has 10 nitrogen and oxygen atoms in total. The molecule has 4 N–H and O–H groups in total. The Morgan fingerprint density at radius 1 is 1.31 bits per heavy atom. The lowest BCUT2D eigenvalue weighted by atomic mass is 9.96. The van der Waals surface area contributed by atoms with Crippen LogP contribution in [0.1, 0.15) is 44.4 Å². The predicted octanol–water partition coefficient (Wildman–Crippen LogP) is 0.999. The first-order valence-corrected chi connectivity index (χ1v) is 10.8. The molecule has 5 atom stereocenters. The summed E-state index contributed by atoms with van der Waals surface area (Å²) in [5, 5.41) is 37.7. The van der Waals surface area contributed by atoms with Gasteiger partial charge in [0.1, 0.15) is 36.7 Å². The zero-order valence-corrected chi connectivity index (χ0v) is 19.3. The normalized spacial score (nSPS) is 25.7. The van der Waals surface area contributed by atoms with Gasteiger partial charge in [0.25, 0.3) is 0 Å². The number of nitrogens with zero attached hydrogens (tertiary/aromatic N) is 3. The molecule has 1 aromatic carbocycles. The van der Waals surface area contributed by atoms with Crippen LogP contribution in [0.3, 0.4) is 0 Å². The standard InChI is InChI=1S/C21H30N4O6S/c1-11(2)24-16(10-30-14-8-6-5-7-12(14)3)23-25(21(24)32)20-17(22-13(4)27)19(29)18(28)15(9-26)31-20/h5-8,11,15,17-20,26,28-29H,9-10H2,1-4H3,(H,22,27)/t15-,17-,18-,19-,20-/m1/s1. The number of benzene rings is 1. The third-order valence-corrected chi connectivity index (χ3v) is 5.76. The van der Waals surface area contributed by atoms with Gasteiger partial charge in [-0.05, 0) is 44.6 Å². The summed E-state index contributed by atoms with van der Waals surface area (Å²) in [4.78, 5) is 11.8. The highest BCUT2D eigenvalue weighted by atomic mass is 32.1. The molecule has 11 heteroatoms. The third-order valence-electron chi connectivity index (χ3n) is 5.38. The molecule has 0 radical (unpaired) electrons. The van der Waals surface area contributed by atoms with Crippen LogP contribution in [0.15, 0.2) is 24.3 Å². The molecule has 1 aromatic heterocycles. The minimum atomic E-state index is -1.40. The van der Waals surface area contributed by atoms with E-state index in [-0.39, 0.29) is 12.6 Å². The number of carbonyl (C=O) groups excluding carboxylic acids is 1.